The minimum atomic E-state index is 0.362. The number of hydrogen-bond donors (Lipinski definition) is 0. The van der Waals surface area contributed by atoms with Gasteiger partial charge in [-0.15, -0.1) is 10.2 Å². The molecule has 2 aromatic rings. The molecule has 1 aliphatic rings. The zero-order valence-corrected chi connectivity index (χ0v) is 9.09. The summed E-state index contributed by atoms with van der Waals surface area (Å²) in [6, 6.07) is 3.63. The van der Waals surface area contributed by atoms with Crippen LogP contribution < -0.4 is 0 Å². The normalized spacial score (nSPS) is 21.7. The maximum Gasteiger partial charge on any atom is 0.283 e. The molecular formula is C11H13N3O2. The van der Waals surface area contributed by atoms with Crippen molar-refractivity contribution in [3.05, 3.63) is 24.3 Å². The highest BCUT2D eigenvalue weighted by Crippen LogP contribution is 2.27. The average molecular weight is 219 g/mol. The summed E-state index contributed by atoms with van der Waals surface area (Å²) in [6.45, 7) is 2.07. The van der Waals surface area contributed by atoms with Crippen LogP contribution in [-0.2, 0) is 0 Å². The second kappa shape index (κ2) is 3.75. The Hall–Kier alpha value is -1.62. The molecule has 3 heterocycles. The van der Waals surface area contributed by atoms with Crippen molar-refractivity contribution in [2.75, 3.05) is 20.1 Å². The van der Waals surface area contributed by atoms with Crippen LogP contribution in [0, 0.1) is 0 Å². The number of furan rings is 1. The van der Waals surface area contributed by atoms with Gasteiger partial charge in [-0.1, -0.05) is 0 Å². The highest BCUT2D eigenvalue weighted by Gasteiger charge is 2.26. The van der Waals surface area contributed by atoms with Crippen molar-refractivity contribution in [2.45, 2.75) is 12.3 Å². The standard InChI is InChI=1S/C11H13N3O2/c1-14-5-4-8(7-14)10-12-13-11(16-10)9-3-2-6-15-9/h2-3,6,8H,4-5,7H2,1H3. The Labute approximate surface area is 93.1 Å². The van der Waals surface area contributed by atoms with Gasteiger partial charge in [-0.25, -0.2) is 0 Å². The number of likely N-dealkylation sites (tertiary alicyclic amines) is 1. The summed E-state index contributed by atoms with van der Waals surface area (Å²) in [5, 5.41) is 8.08. The first-order valence-corrected chi connectivity index (χ1v) is 5.39. The molecule has 16 heavy (non-hydrogen) atoms. The van der Waals surface area contributed by atoms with Crippen molar-refractivity contribution >= 4 is 0 Å². The molecule has 1 fully saturated rings. The van der Waals surface area contributed by atoms with E-state index in [0.717, 1.165) is 25.4 Å². The number of nitrogens with zero attached hydrogens (tertiary/aromatic N) is 3. The Morgan fingerprint density at radius 2 is 2.38 bits per heavy atom. The number of hydrogen-bond acceptors (Lipinski definition) is 5. The second-order valence-electron chi connectivity index (χ2n) is 4.17. The van der Waals surface area contributed by atoms with Crippen molar-refractivity contribution in [1.29, 1.82) is 0 Å². The summed E-state index contributed by atoms with van der Waals surface area (Å²) in [5.74, 6) is 2.18. The molecule has 84 valence electrons. The van der Waals surface area contributed by atoms with Crippen LogP contribution in [0.3, 0.4) is 0 Å². The minimum Gasteiger partial charge on any atom is -0.459 e. The van der Waals surface area contributed by atoms with E-state index in [1.165, 1.54) is 0 Å². The Morgan fingerprint density at radius 3 is 3.06 bits per heavy atom. The molecule has 0 bridgehead atoms. The topological polar surface area (TPSA) is 55.3 Å². The molecule has 0 amide bonds. The van der Waals surface area contributed by atoms with E-state index in [1.54, 1.807) is 6.26 Å². The van der Waals surface area contributed by atoms with Crippen LogP contribution in [0.1, 0.15) is 18.2 Å². The van der Waals surface area contributed by atoms with Crippen molar-refractivity contribution in [2.24, 2.45) is 0 Å². The Morgan fingerprint density at radius 1 is 1.44 bits per heavy atom. The molecule has 0 aromatic carbocycles. The molecule has 0 saturated carbocycles. The van der Waals surface area contributed by atoms with Crippen molar-refractivity contribution in [3.63, 3.8) is 0 Å². The fourth-order valence-corrected chi connectivity index (χ4v) is 2.04. The molecular weight excluding hydrogens is 206 g/mol. The molecule has 1 unspecified atom stereocenters. The first-order chi connectivity index (χ1) is 7.83. The van der Waals surface area contributed by atoms with Crippen LogP contribution in [0.5, 0.6) is 0 Å². The van der Waals surface area contributed by atoms with Crippen LogP contribution in [0.2, 0.25) is 0 Å². The van der Waals surface area contributed by atoms with Crippen LogP contribution in [-0.4, -0.2) is 35.2 Å². The molecule has 5 nitrogen and oxygen atoms in total. The van der Waals surface area contributed by atoms with E-state index in [1.807, 2.05) is 12.1 Å². The number of likely N-dealkylation sites (N-methyl/N-ethyl adjacent to an activating group) is 1. The average Bonchev–Trinajstić information content (AvgIpc) is 2.97. The third-order valence-electron chi connectivity index (χ3n) is 2.91. The quantitative estimate of drug-likeness (QED) is 0.770. The molecule has 0 aliphatic carbocycles. The minimum absolute atomic E-state index is 0.362. The van der Waals surface area contributed by atoms with E-state index in [-0.39, 0.29) is 0 Å². The van der Waals surface area contributed by atoms with E-state index in [0.29, 0.717) is 17.6 Å². The van der Waals surface area contributed by atoms with E-state index in [4.69, 9.17) is 8.83 Å². The molecule has 0 radical (unpaired) electrons. The molecule has 1 saturated heterocycles. The summed E-state index contributed by atoms with van der Waals surface area (Å²) in [5.41, 5.74) is 0. The van der Waals surface area contributed by atoms with Crippen LogP contribution in [0.25, 0.3) is 11.7 Å². The largest absolute Gasteiger partial charge is 0.459 e. The summed E-state index contributed by atoms with van der Waals surface area (Å²) >= 11 is 0. The zero-order valence-electron chi connectivity index (χ0n) is 9.09. The summed E-state index contributed by atoms with van der Waals surface area (Å²) in [4.78, 5) is 2.27. The summed E-state index contributed by atoms with van der Waals surface area (Å²) in [6.07, 6.45) is 2.68. The van der Waals surface area contributed by atoms with Gasteiger partial charge in [0.05, 0.1) is 12.2 Å². The highest BCUT2D eigenvalue weighted by atomic mass is 16.4. The lowest BCUT2D eigenvalue weighted by atomic mass is 10.1. The van der Waals surface area contributed by atoms with E-state index in [2.05, 4.69) is 22.1 Å². The van der Waals surface area contributed by atoms with Gasteiger partial charge in [-0.2, -0.15) is 0 Å². The maximum atomic E-state index is 5.62. The third kappa shape index (κ3) is 1.63. The lowest BCUT2D eigenvalue weighted by Crippen LogP contribution is -2.13. The number of aromatic nitrogens is 2. The lowest BCUT2D eigenvalue weighted by Gasteiger charge is -2.05. The van der Waals surface area contributed by atoms with Gasteiger partial charge >= 0.3 is 0 Å². The molecule has 2 aromatic heterocycles. The molecule has 1 aliphatic heterocycles. The molecule has 0 N–H and O–H groups in total. The molecule has 1 atom stereocenters. The smallest absolute Gasteiger partial charge is 0.283 e. The monoisotopic (exact) mass is 219 g/mol. The van der Waals surface area contributed by atoms with Crippen molar-refractivity contribution in [3.8, 4) is 11.7 Å². The molecule has 5 heteroatoms. The zero-order chi connectivity index (χ0) is 11.0. The fourth-order valence-electron chi connectivity index (χ4n) is 2.04. The van der Waals surface area contributed by atoms with Gasteiger partial charge in [0, 0.05) is 6.54 Å². The molecule has 0 spiro atoms. The van der Waals surface area contributed by atoms with Gasteiger partial charge in [0.15, 0.2) is 5.76 Å². The summed E-state index contributed by atoms with van der Waals surface area (Å²) in [7, 11) is 2.10. The van der Waals surface area contributed by atoms with Gasteiger partial charge in [0.1, 0.15) is 0 Å². The second-order valence-corrected chi connectivity index (χ2v) is 4.17. The van der Waals surface area contributed by atoms with Crippen molar-refractivity contribution in [1.82, 2.24) is 15.1 Å². The number of rotatable bonds is 2. The SMILES string of the molecule is CN1CCC(c2nnc(-c3ccco3)o2)C1. The van der Waals surface area contributed by atoms with Gasteiger partial charge in [-0.3, -0.25) is 0 Å². The third-order valence-corrected chi connectivity index (χ3v) is 2.91. The van der Waals surface area contributed by atoms with Gasteiger partial charge in [0.25, 0.3) is 5.89 Å². The van der Waals surface area contributed by atoms with E-state index >= 15 is 0 Å². The van der Waals surface area contributed by atoms with Gasteiger partial charge in [0.2, 0.25) is 5.89 Å². The summed E-state index contributed by atoms with van der Waals surface area (Å²) < 4.78 is 10.8. The molecule has 3 rings (SSSR count). The van der Waals surface area contributed by atoms with Crippen LogP contribution in [0.4, 0.5) is 0 Å². The predicted octanol–water partition coefficient (Wildman–Crippen LogP) is 1.75. The van der Waals surface area contributed by atoms with Gasteiger partial charge in [-0.05, 0) is 32.1 Å². The van der Waals surface area contributed by atoms with E-state index < -0.39 is 0 Å². The fraction of sp³-hybridized carbons (Fsp3) is 0.455. The van der Waals surface area contributed by atoms with Crippen molar-refractivity contribution < 1.29 is 8.83 Å². The Kier molecular flexibility index (Phi) is 2.25. The van der Waals surface area contributed by atoms with Crippen LogP contribution in [0.15, 0.2) is 27.2 Å². The van der Waals surface area contributed by atoms with Gasteiger partial charge < -0.3 is 13.7 Å². The van der Waals surface area contributed by atoms with E-state index in [9.17, 15) is 0 Å². The predicted molar refractivity (Wildman–Crippen MR) is 56.9 cm³/mol. The van der Waals surface area contributed by atoms with Crippen LogP contribution >= 0.6 is 0 Å². The first kappa shape index (κ1) is 9.59. The maximum absolute atomic E-state index is 5.62. The first-order valence-electron chi connectivity index (χ1n) is 5.39. The highest BCUT2D eigenvalue weighted by molar-refractivity contribution is 5.42. The Balaban J connectivity index is 1.83. The lowest BCUT2D eigenvalue weighted by molar-refractivity contribution is 0.392. The Bertz CT molecular complexity index is 463.